The van der Waals surface area contributed by atoms with E-state index in [4.69, 9.17) is 9.47 Å². The minimum Gasteiger partial charge on any atom is -0.493 e. The van der Waals surface area contributed by atoms with Gasteiger partial charge in [0.25, 0.3) is 0 Å². The van der Waals surface area contributed by atoms with Crippen molar-refractivity contribution < 1.29 is 9.47 Å². The Morgan fingerprint density at radius 1 is 1.10 bits per heavy atom. The first kappa shape index (κ1) is 14.3. The highest BCUT2D eigenvalue weighted by molar-refractivity contribution is 5.42. The average Bonchev–Trinajstić information content (AvgIpc) is 2.52. The van der Waals surface area contributed by atoms with Crippen molar-refractivity contribution in [1.29, 1.82) is 0 Å². The molecule has 0 bridgehead atoms. The fourth-order valence-electron chi connectivity index (χ4n) is 1.96. The van der Waals surface area contributed by atoms with Gasteiger partial charge in [-0.05, 0) is 19.1 Å². The monoisotopic (exact) mass is 273 g/mol. The second-order valence-corrected chi connectivity index (χ2v) is 4.35. The molecule has 2 aromatic heterocycles. The summed E-state index contributed by atoms with van der Waals surface area (Å²) < 4.78 is 10.6. The number of aromatic nitrogens is 2. The van der Waals surface area contributed by atoms with Gasteiger partial charge in [0.1, 0.15) is 0 Å². The van der Waals surface area contributed by atoms with Crippen molar-refractivity contribution in [2.75, 3.05) is 14.2 Å². The van der Waals surface area contributed by atoms with Gasteiger partial charge in [-0.25, -0.2) is 0 Å². The van der Waals surface area contributed by atoms with E-state index in [1.165, 1.54) is 0 Å². The van der Waals surface area contributed by atoms with Gasteiger partial charge in [0.15, 0.2) is 11.5 Å². The summed E-state index contributed by atoms with van der Waals surface area (Å²) in [6.07, 6.45) is 3.50. The van der Waals surface area contributed by atoms with Gasteiger partial charge in [-0.2, -0.15) is 0 Å². The van der Waals surface area contributed by atoms with Crippen LogP contribution in [0.3, 0.4) is 0 Å². The molecule has 0 spiro atoms. The molecule has 0 saturated heterocycles. The SMILES string of the molecule is COc1ccnc(CN[C@@H](C)c2ccccn2)c1OC. The number of rotatable bonds is 6. The highest BCUT2D eigenvalue weighted by Crippen LogP contribution is 2.29. The summed E-state index contributed by atoms with van der Waals surface area (Å²) in [5, 5.41) is 3.38. The smallest absolute Gasteiger partial charge is 0.183 e. The zero-order valence-electron chi connectivity index (χ0n) is 12.0. The Morgan fingerprint density at radius 2 is 1.95 bits per heavy atom. The summed E-state index contributed by atoms with van der Waals surface area (Å²) in [5.74, 6) is 1.35. The maximum absolute atomic E-state index is 5.36. The molecule has 20 heavy (non-hydrogen) atoms. The largest absolute Gasteiger partial charge is 0.493 e. The zero-order valence-corrected chi connectivity index (χ0v) is 12.0. The molecular weight excluding hydrogens is 254 g/mol. The molecule has 0 aliphatic heterocycles. The predicted octanol–water partition coefficient (Wildman–Crippen LogP) is 2.34. The third kappa shape index (κ3) is 3.24. The minimum absolute atomic E-state index is 0.133. The van der Waals surface area contributed by atoms with Crippen LogP contribution in [0.5, 0.6) is 11.5 Å². The molecule has 106 valence electrons. The average molecular weight is 273 g/mol. The second kappa shape index (κ2) is 6.86. The number of ether oxygens (including phenoxy) is 2. The molecule has 0 unspecified atom stereocenters. The van der Waals surface area contributed by atoms with E-state index in [1.807, 2.05) is 18.2 Å². The molecule has 0 fully saturated rings. The zero-order chi connectivity index (χ0) is 14.4. The highest BCUT2D eigenvalue weighted by atomic mass is 16.5. The van der Waals surface area contributed by atoms with Crippen LogP contribution in [0.2, 0.25) is 0 Å². The van der Waals surface area contributed by atoms with E-state index in [1.54, 1.807) is 32.7 Å². The fourth-order valence-corrected chi connectivity index (χ4v) is 1.96. The Hall–Kier alpha value is -2.14. The van der Waals surface area contributed by atoms with Crippen molar-refractivity contribution in [2.45, 2.75) is 19.5 Å². The number of hydrogen-bond donors (Lipinski definition) is 1. The lowest BCUT2D eigenvalue weighted by atomic mass is 10.2. The molecule has 5 nitrogen and oxygen atoms in total. The summed E-state index contributed by atoms with van der Waals surface area (Å²) in [4.78, 5) is 8.66. The number of nitrogens with one attached hydrogen (secondary N) is 1. The van der Waals surface area contributed by atoms with Gasteiger partial charge in [-0.3, -0.25) is 9.97 Å². The molecule has 1 atom stereocenters. The molecular formula is C15H19N3O2. The molecule has 1 N–H and O–H groups in total. The van der Waals surface area contributed by atoms with E-state index in [-0.39, 0.29) is 6.04 Å². The first-order chi connectivity index (χ1) is 9.76. The van der Waals surface area contributed by atoms with Crippen molar-refractivity contribution in [2.24, 2.45) is 0 Å². The normalized spacial score (nSPS) is 11.9. The Kier molecular flexibility index (Phi) is 4.90. The standard InChI is InChI=1S/C15H19N3O2/c1-11(12-6-4-5-8-16-12)18-10-13-15(20-3)14(19-2)7-9-17-13/h4-9,11,18H,10H2,1-3H3/t11-/m0/s1. The Labute approximate surface area is 119 Å². The maximum Gasteiger partial charge on any atom is 0.183 e. The number of nitrogens with zero attached hydrogens (tertiary/aromatic N) is 2. The summed E-state index contributed by atoms with van der Waals surface area (Å²) in [6, 6.07) is 7.79. The van der Waals surface area contributed by atoms with E-state index in [2.05, 4.69) is 22.2 Å². The van der Waals surface area contributed by atoms with Crippen LogP contribution in [0.1, 0.15) is 24.4 Å². The van der Waals surface area contributed by atoms with Crippen LogP contribution in [-0.2, 0) is 6.54 Å². The van der Waals surface area contributed by atoms with Crippen LogP contribution < -0.4 is 14.8 Å². The molecule has 0 aliphatic rings. The van der Waals surface area contributed by atoms with Gasteiger partial charge in [0.2, 0.25) is 0 Å². The summed E-state index contributed by atoms with van der Waals surface area (Å²) in [6.45, 7) is 2.65. The minimum atomic E-state index is 0.133. The Bertz CT molecular complexity index is 546. The van der Waals surface area contributed by atoms with Crippen molar-refractivity contribution in [3.8, 4) is 11.5 Å². The molecule has 0 aliphatic carbocycles. The van der Waals surface area contributed by atoms with Gasteiger partial charge < -0.3 is 14.8 Å². The molecule has 0 amide bonds. The highest BCUT2D eigenvalue weighted by Gasteiger charge is 2.12. The third-order valence-electron chi connectivity index (χ3n) is 3.07. The van der Waals surface area contributed by atoms with Crippen LogP contribution in [-0.4, -0.2) is 24.2 Å². The van der Waals surface area contributed by atoms with Crippen molar-refractivity contribution in [3.05, 3.63) is 48.0 Å². The van der Waals surface area contributed by atoms with Crippen LogP contribution in [0, 0.1) is 0 Å². The molecule has 0 aromatic carbocycles. The predicted molar refractivity (Wildman–Crippen MR) is 76.8 cm³/mol. The van der Waals surface area contributed by atoms with Gasteiger partial charge in [-0.1, -0.05) is 6.07 Å². The Morgan fingerprint density at radius 3 is 2.60 bits per heavy atom. The summed E-state index contributed by atoms with van der Waals surface area (Å²) in [7, 11) is 3.23. The van der Waals surface area contributed by atoms with Crippen LogP contribution in [0.4, 0.5) is 0 Å². The van der Waals surface area contributed by atoms with Crippen molar-refractivity contribution >= 4 is 0 Å². The number of hydrogen-bond acceptors (Lipinski definition) is 5. The van der Waals surface area contributed by atoms with E-state index in [0.29, 0.717) is 18.0 Å². The number of pyridine rings is 2. The van der Waals surface area contributed by atoms with Crippen LogP contribution in [0.15, 0.2) is 36.7 Å². The van der Waals surface area contributed by atoms with E-state index in [9.17, 15) is 0 Å². The summed E-state index contributed by atoms with van der Waals surface area (Å²) in [5.41, 5.74) is 1.81. The maximum atomic E-state index is 5.36. The summed E-state index contributed by atoms with van der Waals surface area (Å²) >= 11 is 0. The molecule has 5 heteroatoms. The van der Waals surface area contributed by atoms with Crippen molar-refractivity contribution in [3.63, 3.8) is 0 Å². The first-order valence-electron chi connectivity index (χ1n) is 6.46. The fraction of sp³-hybridized carbons (Fsp3) is 0.333. The van der Waals surface area contributed by atoms with E-state index >= 15 is 0 Å². The van der Waals surface area contributed by atoms with Gasteiger partial charge >= 0.3 is 0 Å². The van der Waals surface area contributed by atoms with E-state index < -0.39 is 0 Å². The second-order valence-electron chi connectivity index (χ2n) is 4.35. The third-order valence-corrected chi connectivity index (χ3v) is 3.07. The topological polar surface area (TPSA) is 56.3 Å². The molecule has 2 aromatic rings. The number of methoxy groups -OCH3 is 2. The molecule has 2 heterocycles. The lowest BCUT2D eigenvalue weighted by molar-refractivity contribution is 0.347. The quantitative estimate of drug-likeness (QED) is 0.875. The van der Waals surface area contributed by atoms with Crippen LogP contribution >= 0.6 is 0 Å². The van der Waals surface area contributed by atoms with Crippen molar-refractivity contribution in [1.82, 2.24) is 15.3 Å². The Balaban J connectivity index is 2.07. The lowest BCUT2D eigenvalue weighted by Crippen LogP contribution is -2.20. The lowest BCUT2D eigenvalue weighted by Gasteiger charge is -2.15. The molecule has 0 saturated carbocycles. The van der Waals surface area contributed by atoms with Gasteiger partial charge in [0, 0.05) is 31.0 Å². The van der Waals surface area contributed by atoms with Gasteiger partial charge in [-0.15, -0.1) is 0 Å². The molecule has 0 radical (unpaired) electrons. The van der Waals surface area contributed by atoms with E-state index in [0.717, 1.165) is 11.4 Å². The first-order valence-corrected chi connectivity index (χ1v) is 6.46. The van der Waals surface area contributed by atoms with Crippen LogP contribution in [0.25, 0.3) is 0 Å². The van der Waals surface area contributed by atoms with Gasteiger partial charge in [0.05, 0.1) is 25.6 Å². The molecule has 2 rings (SSSR count).